The number of fused-ring (bicyclic) bond motifs is 1. The molecule has 0 aliphatic heterocycles. The standard InChI is InChI=1S/C16H10ClFN2O/c17-9-7-13(16(19)20-8-9)15(21)12-5-6-14(18)11-4-2-1-3-10(11)12/h1-8H,(H2,19,20). The highest BCUT2D eigenvalue weighted by atomic mass is 35.5. The lowest BCUT2D eigenvalue weighted by Gasteiger charge is -2.08. The second-order valence-corrected chi connectivity index (χ2v) is 4.99. The van der Waals surface area contributed by atoms with Crippen molar-refractivity contribution in [3.8, 4) is 0 Å². The highest BCUT2D eigenvalue weighted by molar-refractivity contribution is 6.31. The van der Waals surface area contributed by atoms with Gasteiger partial charge in [-0.15, -0.1) is 0 Å². The van der Waals surface area contributed by atoms with Gasteiger partial charge in [0.05, 0.1) is 10.6 Å². The number of rotatable bonds is 2. The highest BCUT2D eigenvalue weighted by Gasteiger charge is 2.17. The fourth-order valence-corrected chi connectivity index (χ4v) is 2.40. The average Bonchev–Trinajstić information content (AvgIpc) is 2.50. The first-order valence-electron chi connectivity index (χ1n) is 6.21. The lowest BCUT2D eigenvalue weighted by molar-refractivity contribution is 0.104. The van der Waals surface area contributed by atoms with E-state index in [2.05, 4.69) is 4.98 Å². The Morgan fingerprint density at radius 2 is 1.81 bits per heavy atom. The number of halogens is 2. The molecule has 1 aromatic heterocycles. The minimum Gasteiger partial charge on any atom is -0.383 e. The zero-order valence-electron chi connectivity index (χ0n) is 10.8. The summed E-state index contributed by atoms with van der Waals surface area (Å²) in [5.41, 5.74) is 6.31. The lowest BCUT2D eigenvalue weighted by atomic mass is 9.97. The fourth-order valence-electron chi connectivity index (χ4n) is 2.24. The Kier molecular flexibility index (Phi) is 3.31. The molecule has 2 aromatic carbocycles. The number of ketones is 1. The first kappa shape index (κ1) is 13.5. The van der Waals surface area contributed by atoms with Crippen LogP contribution in [0.15, 0.2) is 48.7 Å². The molecule has 0 amide bonds. The summed E-state index contributed by atoms with van der Waals surface area (Å²) in [6.45, 7) is 0. The predicted molar refractivity (Wildman–Crippen MR) is 81.0 cm³/mol. The molecule has 0 spiro atoms. The monoisotopic (exact) mass is 300 g/mol. The van der Waals surface area contributed by atoms with Gasteiger partial charge in [-0.2, -0.15) is 0 Å². The molecule has 0 aliphatic carbocycles. The Bertz CT molecular complexity index is 864. The molecule has 3 rings (SSSR count). The van der Waals surface area contributed by atoms with Gasteiger partial charge in [0.25, 0.3) is 0 Å². The third kappa shape index (κ3) is 2.34. The van der Waals surface area contributed by atoms with E-state index in [9.17, 15) is 9.18 Å². The van der Waals surface area contributed by atoms with E-state index >= 15 is 0 Å². The number of nitrogens with two attached hydrogens (primary N) is 1. The largest absolute Gasteiger partial charge is 0.383 e. The van der Waals surface area contributed by atoms with Crippen LogP contribution in [0.5, 0.6) is 0 Å². The molecule has 5 heteroatoms. The number of carbonyl (C=O) groups excluding carboxylic acids is 1. The normalized spacial score (nSPS) is 10.8. The first-order valence-corrected chi connectivity index (χ1v) is 6.58. The van der Waals surface area contributed by atoms with Gasteiger partial charge in [-0.25, -0.2) is 9.37 Å². The van der Waals surface area contributed by atoms with Crippen LogP contribution in [0.1, 0.15) is 15.9 Å². The summed E-state index contributed by atoms with van der Waals surface area (Å²) in [4.78, 5) is 16.5. The van der Waals surface area contributed by atoms with Crippen molar-refractivity contribution in [2.75, 3.05) is 5.73 Å². The van der Waals surface area contributed by atoms with Crippen LogP contribution in [0.25, 0.3) is 10.8 Å². The number of hydrogen-bond donors (Lipinski definition) is 1. The molecule has 0 atom stereocenters. The van der Waals surface area contributed by atoms with Crippen molar-refractivity contribution < 1.29 is 9.18 Å². The second kappa shape index (κ2) is 5.14. The van der Waals surface area contributed by atoms with E-state index < -0.39 is 0 Å². The van der Waals surface area contributed by atoms with Crippen molar-refractivity contribution in [2.24, 2.45) is 0 Å². The van der Waals surface area contributed by atoms with Crippen LogP contribution in [0.3, 0.4) is 0 Å². The van der Waals surface area contributed by atoms with Gasteiger partial charge >= 0.3 is 0 Å². The Labute approximate surface area is 125 Å². The number of hydrogen-bond acceptors (Lipinski definition) is 3. The highest BCUT2D eigenvalue weighted by Crippen LogP contribution is 2.26. The average molecular weight is 301 g/mol. The first-order chi connectivity index (χ1) is 10.1. The number of pyridine rings is 1. The summed E-state index contributed by atoms with van der Waals surface area (Å²) < 4.78 is 13.8. The van der Waals surface area contributed by atoms with Gasteiger partial charge in [0.1, 0.15) is 11.6 Å². The summed E-state index contributed by atoms with van der Waals surface area (Å²) in [7, 11) is 0. The molecule has 2 N–H and O–H groups in total. The number of nitrogens with zero attached hydrogens (tertiary/aromatic N) is 1. The minimum absolute atomic E-state index is 0.0952. The van der Waals surface area contributed by atoms with E-state index in [1.807, 2.05) is 0 Å². The smallest absolute Gasteiger partial charge is 0.197 e. The van der Waals surface area contributed by atoms with Crippen molar-refractivity contribution in [1.29, 1.82) is 0 Å². The molecule has 0 unspecified atom stereocenters. The van der Waals surface area contributed by atoms with Gasteiger partial charge in [0, 0.05) is 17.1 Å². The maximum atomic E-state index is 13.8. The Balaban J connectivity index is 2.23. The van der Waals surface area contributed by atoms with Crippen molar-refractivity contribution in [3.63, 3.8) is 0 Å². The summed E-state index contributed by atoms with van der Waals surface area (Å²) in [5.74, 6) is -0.615. The van der Waals surface area contributed by atoms with Gasteiger partial charge in [0.2, 0.25) is 0 Å². The fraction of sp³-hybridized carbons (Fsp3) is 0. The van der Waals surface area contributed by atoms with Crippen LogP contribution in [0.4, 0.5) is 10.2 Å². The van der Waals surface area contributed by atoms with Gasteiger partial charge < -0.3 is 5.73 Å². The van der Waals surface area contributed by atoms with Gasteiger partial charge in [0.15, 0.2) is 5.78 Å². The van der Waals surface area contributed by atoms with E-state index in [1.54, 1.807) is 24.3 Å². The van der Waals surface area contributed by atoms with Crippen LogP contribution in [-0.2, 0) is 0 Å². The molecule has 3 aromatic rings. The van der Waals surface area contributed by atoms with E-state index in [-0.39, 0.29) is 23.0 Å². The van der Waals surface area contributed by atoms with Crippen LogP contribution >= 0.6 is 11.6 Å². The van der Waals surface area contributed by atoms with Gasteiger partial charge in [-0.3, -0.25) is 4.79 Å². The molecule has 1 heterocycles. The number of nitrogen functional groups attached to an aromatic ring is 1. The van der Waals surface area contributed by atoms with E-state index in [1.165, 1.54) is 24.4 Å². The zero-order valence-corrected chi connectivity index (χ0v) is 11.6. The topological polar surface area (TPSA) is 56.0 Å². The Morgan fingerprint density at radius 1 is 1.10 bits per heavy atom. The molecule has 0 saturated heterocycles. The Hall–Kier alpha value is -2.46. The Morgan fingerprint density at radius 3 is 2.57 bits per heavy atom. The van der Waals surface area contributed by atoms with Crippen molar-refractivity contribution >= 4 is 34.0 Å². The maximum Gasteiger partial charge on any atom is 0.197 e. The van der Waals surface area contributed by atoms with Crippen molar-refractivity contribution in [1.82, 2.24) is 4.98 Å². The molecule has 3 nitrogen and oxygen atoms in total. The lowest BCUT2D eigenvalue weighted by Crippen LogP contribution is -2.08. The molecule has 0 bridgehead atoms. The third-order valence-corrected chi connectivity index (χ3v) is 3.45. The zero-order chi connectivity index (χ0) is 15.0. The number of carbonyl (C=O) groups is 1. The van der Waals surface area contributed by atoms with E-state index in [0.717, 1.165) is 0 Å². The SMILES string of the molecule is Nc1ncc(Cl)cc1C(=O)c1ccc(F)c2ccccc12. The van der Waals surface area contributed by atoms with Gasteiger partial charge in [-0.1, -0.05) is 35.9 Å². The molecule has 21 heavy (non-hydrogen) atoms. The number of aromatic nitrogens is 1. The third-order valence-electron chi connectivity index (χ3n) is 3.25. The van der Waals surface area contributed by atoms with Crippen LogP contribution < -0.4 is 5.73 Å². The quantitative estimate of drug-likeness (QED) is 0.732. The van der Waals surface area contributed by atoms with Gasteiger partial charge in [-0.05, 0) is 23.6 Å². The summed E-state index contributed by atoms with van der Waals surface area (Å²) in [6, 6.07) is 11.0. The second-order valence-electron chi connectivity index (χ2n) is 4.56. The van der Waals surface area contributed by atoms with E-state index in [4.69, 9.17) is 17.3 Å². The number of anilines is 1. The summed E-state index contributed by atoms with van der Waals surface area (Å²) in [5, 5.41) is 1.23. The molecule has 0 radical (unpaired) electrons. The van der Waals surface area contributed by atoms with Crippen LogP contribution in [0.2, 0.25) is 5.02 Å². The van der Waals surface area contributed by atoms with Crippen molar-refractivity contribution in [2.45, 2.75) is 0 Å². The summed E-state index contributed by atoms with van der Waals surface area (Å²) >= 11 is 5.86. The molecule has 104 valence electrons. The molecule has 0 fully saturated rings. The maximum absolute atomic E-state index is 13.8. The molecule has 0 saturated carbocycles. The molecular formula is C16H10ClFN2O. The van der Waals surface area contributed by atoms with E-state index in [0.29, 0.717) is 21.4 Å². The minimum atomic E-state index is -0.376. The molecular weight excluding hydrogens is 291 g/mol. The summed E-state index contributed by atoms with van der Waals surface area (Å²) in [6.07, 6.45) is 1.37. The van der Waals surface area contributed by atoms with Crippen LogP contribution in [0, 0.1) is 5.82 Å². The number of benzene rings is 2. The molecule has 0 aliphatic rings. The predicted octanol–water partition coefficient (Wildman–Crippen LogP) is 3.84. The van der Waals surface area contributed by atoms with Crippen LogP contribution in [-0.4, -0.2) is 10.8 Å². The van der Waals surface area contributed by atoms with Crippen molar-refractivity contribution in [3.05, 3.63) is 70.6 Å².